The fourth-order valence-corrected chi connectivity index (χ4v) is 3.01. The van der Waals surface area contributed by atoms with Crippen LogP contribution in [0.15, 0.2) is 0 Å². The SMILES string of the molecule is CCN1CCN(c2nnc(C)c(C)c2C(N)=S)CC1C. The van der Waals surface area contributed by atoms with Crippen LogP contribution in [0.1, 0.15) is 30.7 Å². The zero-order valence-electron chi connectivity index (χ0n) is 12.7. The maximum Gasteiger partial charge on any atom is 0.161 e. The molecule has 1 aromatic heterocycles. The van der Waals surface area contributed by atoms with E-state index in [1.807, 2.05) is 13.8 Å². The highest BCUT2D eigenvalue weighted by Gasteiger charge is 2.26. The number of aryl methyl sites for hydroxylation is 1. The summed E-state index contributed by atoms with van der Waals surface area (Å²) < 4.78 is 0. The average molecular weight is 293 g/mol. The van der Waals surface area contributed by atoms with E-state index in [0.717, 1.165) is 48.8 Å². The van der Waals surface area contributed by atoms with Gasteiger partial charge in [0, 0.05) is 25.7 Å². The highest BCUT2D eigenvalue weighted by Crippen LogP contribution is 2.24. The summed E-state index contributed by atoms with van der Waals surface area (Å²) in [5.74, 6) is 0.836. The number of rotatable bonds is 3. The zero-order chi connectivity index (χ0) is 14.9. The molecule has 2 N–H and O–H groups in total. The van der Waals surface area contributed by atoms with Crippen molar-refractivity contribution in [1.29, 1.82) is 0 Å². The molecule has 1 aliphatic rings. The quantitative estimate of drug-likeness (QED) is 0.847. The van der Waals surface area contributed by atoms with E-state index in [-0.39, 0.29) is 0 Å². The molecule has 2 rings (SSSR count). The first-order valence-electron chi connectivity index (χ1n) is 7.08. The van der Waals surface area contributed by atoms with Gasteiger partial charge in [-0.2, -0.15) is 5.10 Å². The van der Waals surface area contributed by atoms with Crippen molar-refractivity contribution in [1.82, 2.24) is 15.1 Å². The molecule has 1 atom stereocenters. The lowest BCUT2D eigenvalue weighted by Crippen LogP contribution is -2.52. The predicted octanol–water partition coefficient (Wildman–Crippen LogP) is 1.26. The average Bonchev–Trinajstić information content (AvgIpc) is 2.41. The fraction of sp³-hybridized carbons (Fsp3) is 0.643. The van der Waals surface area contributed by atoms with Gasteiger partial charge in [-0.05, 0) is 32.9 Å². The van der Waals surface area contributed by atoms with Gasteiger partial charge in [-0.3, -0.25) is 4.90 Å². The molecule has 1 aliphatic heterocycles. The van der Waals surface area contributed by atoms with Gasteiger partial charge in [0.15, 0.2) is 5.82 Å². The summed E-state index contributed by atoms with van der Waals surface area (Å²) in [4.78, 5) is 5.12. The Kier molecular flexibility index (Phi) is 4.55. The van der Waals surface area contributed by atoms with Crippen LogP contribution in [0.4, 0.5) is 5.82 Å². The minimum absolute atomic E-state index is 0.404. The van der Waals surface area contributed by atoms with Crippen LogP contribution >= 0.6 is 12.2 Å². The molecule has 2 heterocycles. The molecule has 0 saturated carbocycles. The van der Waals surface area contributed by atoms with E-state index >= 15 is 0 Å². The van der Waals surface area contributed by atoms with Crippen molar-refractivity contribution in [2.75, 3.05) is 31.1 Å². The van der Waals surface area contributed by atoms with Gasteiger partial charge in [0.05, 0.1) is 11.3 Å². The van der Waals surface area contributed by atoms with Crippen LogP contribution in [0.3, 0.4) is 0 Å². The first-order chi connectivity index (χ1) is 9.45. The second-order valence-corrected chi connectivity index (χ2v) is 5.84. The molecule has 1 fully saturated rings. The van der Waals surface area contributed by atoms with Gasteiger partial charge in [-0.1, -0.05) is 19.1 Å². The maximum atomic E-state index is 5.91. The van der Waals surface area contributed by atoms with Crippen LogP contribution in [0.5, 0.6) is 0 Å². The van der Waals surface area contributed by atoms with Gasteiger partial charge >= 0.3 is 0 Å². The van der Waals surface area contributed by atoms with Crippen molar-refractivity contribution >= 4 is 23.0 Å². The largest absolute Gasteiger partial charge is 0.389 e. The van der Waals surface area contributed by atoms with E-state index in [1.165, 1.54) is 0 Å². The maximum absolute atomic E-state index is 5.91. The lowest BCUT2D eigenvalue weighted by atomic mass is 10.1. The molecule has 0 amide bonds. The van der Waals surface area contributed by atoms with Crippen molar-refractivity contribution in [3.8, 4) is 0 Å². The van der Waals surface area contributed by atoms with Gasteiger partial charge in [0.1, 0.15) is 4.99 Å². The smallest absolute Gasteiger partial charge is 0.161 e. The molecule has 0 bridgehead atoms. The summed E-state index contributed by atoms with van der Waals surface area (Å²) in [7, 11) is 0. The Hall–Kier alpha value is -1.27. The number of nitrogens with two attached hydrogens (primary N) is 1. The predicted molar refractivity (Wildman–Crippen MR) is 86.3 cm³/mol. The van der Waals surface area contributed by atoms with Crippen molar-refractivity contribution in [2.45, 2.75) is 33.7 Å². The zero-order valence-corrected chi connectivity index (χ0v) is 13.5. The van der Waals surface area contributed by atoms with Crippen LogP contribution in [0.2, 0.25) is 0 Å². The van der Waals surface area contributed by atoms with Crippen LogP contribution in [-0.4, -0.2) is 52.3 Å². The summed E-state index contributed by atoms with van der Waals surface area (Å²) in [6, 6.07) is 0.497. The molecule has 1 saturated heterocycles. The van der Waals surface area contributed by atoms with Crippen molar-refractivity contribution in [3.05, 3.63) is 16.8 Å². The Morgan fingerprint density at radius 2 is 2.05 bits per heavy atom. The number of hydrogen-bond donors (Lipinski definition) is 1. The molecule has 0 radical (unpaired) electrons. The molecular weight excluding hydrogens is 270 g/mol. The molecule has 1 unspecified atom stereocenters. The third-order valence-corrected chi connectivity index (χ3v) is 4.36. The van der Waals surface area contributed by atoms with Crippen molar-refractivity contribution < 1.29 is 0 Å². The third kappa shape index (κ3) is 2.76. The highest BCUT2D eigenvalue weighted by molar-refractivity contribution is 7.80. The molecule has 5 nitrogen and oxygen atoms in total. The molecular formula is C14H23N5S. The van der Waals surface area contributed by atoms with Gasteiger partial charge in [0.25, 0.3) is 0 Å². The van der Waals surface area contributed by atoms with Gasteiger partial charge in [-0.25, -0.2) is 0 Å². The Labute approximate surface area is 126 Å². The summed E-state index contributed by atoms with van der Waals surface area (Å²) in [5, 5.41) is 8.60. The second-order valence-electron chi connectivity index (χ2n) is 5.40. The Morgan fingerprint density at radius 1 is 1.35 bits per heavy atom. The number of thiocarbonyl (C=S) groups is 1. The Morgan fingerprint density at radius 3 is 2.60 bits per heavy atom. The highest BCUT2D eigenvalue weighted by atomic mass is 32.1. The summed E-state index contributed by atoms with van der Waals surface area (Å²) in [5.41, 5.74) is 8.71. The Bertz CT molecular complexity index is 517. The van der Waals surface area contributed by atoms with E-state index in [4.69, 9.17) is 18.0 Å². The minimum Gasteiger partial charge on any atom is -0.389 e. The van der Waals surface area contributed by atoms with Crippen molar-refractivity contribution in [2.24, 2.45) is 5.73 Å². The lowest BCUT2D eigenvalue weighted by molar-refractivity contribution is 0.199. The number of nitrogens with zero attached hydrogens (tertiary/aromatic N) is 4. The van der Waals surface area contributed by atoms with Gasteiger partial charge in [0.2, 0.25) is 0 Å². The molecule has 110 valence electrons. The van der Waals surface area contributed by atoms with Crippen LogP contribution in [-0.2, 0) is 0 Å². The molecule has 0 spiro atoms. The van der Waals surface area contributed by atoms with Crippen LogP contribution in [0, 0.1) is 13.8 Å². The molecule has 6 heteroatoms. The van der Waals surface area contributed by atoms with E-state index in [9.17, 15) is 0 Å². The second kappa shape index (κ2) is 6.01. The number of aromatic nitrogens is 2. The fourth-order valence-electron chi connectivity index (χ4n) is 2.77. The summed E-state index contributed by atoms with van der Waals surface area (Å²) >= 11 is 5.21. The normalized spacial score (nSPS) is 20.2. The number of piperazine rings is 1. The molecule has 1 aromatic rings. The van der Waals surface area contributed by atoms with Crippen LogP contribution in [0.25, 0.3) is 0 Å². The molecule has 0 aromatic carbocycles. The van der Waals surface area contributed by atoms with E-state index in [0.29, 0.717) is 11.0 Å². The number of hydrogen-bond acceptors (Lipinski definition) is 5. The van der Waals surface area contributed by atoms with Gasteiger partial charge < -0.3 is 10.6 Å². The topological polar surface area (TPSA) is 58.3 Å². The van der Waals surface area contributed by atoms with Gasteiger partial charge in [-0.15, -0.1) is 5.10 Å². The molecule has 20 heavy (non-hydrogen) atoms. The van der Waals surface area contributed by atoms with E-state index in [2.05, 4.69) is 33.8 Å². The first-order valence-corrected chi connectivity index (χ1v) is 7.49. The number of anilines is 1. The summed E-state index contributed by atoms with van der Waals surface area (Å²) in [6.45, 7) is 12.4. The van der Waals surface area contributed by atoms with E-state index < -0.39 is 0 Å². The summed E-state index contributed by atoms with van der Waals surface area (Å²) in [6.07, 6.45) is 0. The lowest BCUT2D eigenvalue weighted by Gasteiger charge is -2.40. The minimum atomic E-state index is 0.404. The van der Waals surface area contributed by atoms with E-state index in [1.54, 1.807) is 0 Å². The Balaban J connectivity index is 2.34. The standard InChI is InChI=1S/C14H23N5S/c1-5-18-6-7-19(8-9(18)2)14-12(13(15)20)10(3)11(4)16-17-14/h9H,5-8H2,1-4H3,(H2,15,20). The van der Waals surface area contributed by atoms with Crippen molar-refractivity contribution in [3.63, 3.8) is 0 Å². The number of likely N-dealkylation sites (N-methyl/N-ethyl adjacent to an activating group) is 1. The monoisotopic (exact) mass is 293 g/mol. The first kappa shape index (κ1) is 15.1. The van der Waals surface area contributed by atoms with Crippen LogP contribution < -0.4 is 10.6 Å². The third-order valence-electron chi connectivity index (χ3n) is 4.15. The molecule has 0 aliphatic carbocycles.